The summed E-state index contributed by atoms with van der Waals surface area (Å²) in [5, 5.41) is -0.304. The van der Waals surface area contributed by atoms with Crippen LogP contribution >= 0.6 is 11.8 Å². The standard InChI is InChI=1S/C11H14O3S/c1-4-14-11(12)15-10-7-8(2)5-6-9(10)13-3/h5-7H,4H2,1-3H3. The van der Waals surface area contributed by atoms with Crippen LogP contribution in [-0.4, -0.2) is 19.0 Å². The zero-order valence-corrected chi connectivity index (χ0v) is 9.89. The maximum atomic E-state index is 11.3. The molecular formula is C11H14O3S. The fraction of sp³-hybridized carbons (Fsp3) is 0.364. The molecule has 15 heavy (non-hydrogen) atoms. The van der Waals surface area contributed by atoms with E-state index in [-0.39, 0.29) is 5.30 Å². The van der Waals surface area contributed by atoms with E-state index in [2.05, 4.69) is 0 Å². The maximum Gasteiger partial charge on any atom is 0.372 e. The van der Waals surface area contributed by atoms with Crippen LogP contribution in [-0.2, 0) is 4.74 Å². The molecule has 0 heterocycles. The molecule has 1 aromatic rings. The number of benzene rings is 1. The van der Waals surface area contributed by atoms with Crippen molar-refractivity contribution in [2.45, 2.75) is 18.7 Å². The summed E-state index contributed by atoms with van der Waals surface area (Å²) in [6.45, 7) is 4.14. The predicted octanol–water partition coefficient (Wildman–Crippen LogP) is 3.25. The Morgan fingerprint density at radius 3 is 2.80 bits per heavy atom. The minimum Gasteiger partial charge on any atom is -0.496 e. The summed E-state index contributed by atoms with van der Waals surface area (Å²) in [7, 11) is 1.58. The Labute approximate surface area is 93.8 Å². The molecule has 0 spiro atoms. The number of ether oxygens (including phenoxy) is 2. The Morgan fingerprint density at radius 2 is 2.20 bits per heavy atom. The zero-order chi connectivity index (χ0) is 11.3. The van der Waals surface area contributed by atoms with Crippen LogP contribution in [0.3, 0.4) is 0 Å². The first-order valence-electron chi connectivity index (χ1n) is 4.66. The summed E-state index contributed by atoms with van der Waals surface area (Å²) in [4.78, 5) is 12.1. The number of hydrogen-bond donors (Lipinski definition) is 0. The molecule has 4 heteroatoms. The Bertz CT molecular complexity index is 350. The van der Waals surface area contributed by atoms with Gasteiger partial charge in [-0.2, -0.15) is 0 Å². The highest BCUT2D eigenvalue weighted by Crippen LogP contribution is 2.31. The summed E-state index contributed by atoms with van der Waals surface area (Å²) in [6, 6.07) is 5.69. The van der Waals surface area contributed by atoms with Gasteiger partial charge in [-0.05, 0) is 43.3 Å². The Morgan fingerprint density at radius 1 is 1.47 bits per heavy atom. The second-order valence-electron chi connectivity index (χ2n) is 2.94. The maximum absolute atomic E-state index is 11.3. The van der Waals surface area contributed by atoms with Crippen LogP contribution in [0.15, 0.2) is 23.1 Å². The lowest BCUT2D eigenvalue weighted by molar-refractivity contribution is 0.181. The summed E-state index contributed by atoms with van der Waals surface area (Å²) in [6.07, 6.45) is 0. The Kier molecular flexibility index (Phi) is 4.49. The highest BCUT2D eigenvalue weighted by atomic mass is 32.2. The average Bonchev–Trinajstić information content (AvgIpc) is 2.18. The molecule has 0 aliphatic carbocycles. The lowest BCUT2D eigenvalue weighted by atomic mass is 10.2. The molecule has 1 rings (SSSR count). The first-order valence-corrected chi connectivity index (χ1v) is 5.48. The number of methoxy groups -OCH3 is 1. The van der Waals surface area contributed by atoms with Crippen LogP contribution in [0.25, 0.3) is 0 Å². The largest absolute Gasteiger partial charge is 0.496 e. The minimum absolute atomic E-state index is 0.304. The van der Waals surface area contributed by atoms with Crippen LogP contribution in [0.4, 0.5) is 4.79 Å². The summed E-state index contributed by atoms with van der Waals surface area (Å²) >= 11 is 1.05. The van der Waals surface area contributed by atoms with Gasteiger partial charge < -0.3 is 9.47 Å². The van der Waals surface area contributed by atoms with E-state index in [0.29, 0.717) is 12.4 Å². The highest BCUT2D eigenvalue weighted by molar-refractivity contribution is 8.13. The molecule has 0 aliphatic heterocycles. The van der Waals surface area contributed by atoms with Gasteiger partial charge in [-0.15, -0.1) is 0 Å². The third-order valence-corrected chi connectivity index (χ3v) is 2.60. The quantitative estimate of drug-likeness (QED) is 0.585. The van der Waals surface area contributed by atoms with Gasteiger partial charge in [-0.3, -0.25) is 0 Å². The van der Waals surface area contributed by atoms with Gasteiger partial charge in [-0.25, -0.2) is 4.79 Å². The second-order valence-corrected chi connectivity index (χ2v) is 3.92. The van der Waals surface area contributed by atoms with Crippen LogP contribution in [0.2, 0.25) is 0 Å². The molecule has 0 saturated carbocycles. The van der Waals surface area contributed by atoms with Crippen LogP contribution in [0.5, 0.6) is 5.75 Å². The molecule has 82 valence electrons. The van der Waals surface area contributed by atoms with Gasteiger partial charge in [0.2, 0.25) is 0 Å². The number of carbonyl (C=O) groups excluding carboxylic acids is 1. The van der Waals surface area contributed by atoms with E-state index in [0.717, 1.165) is 22.2 Å². The van der Waals surface area contributed by atoms with Gasteiger partial charge in [0, 0.05) is 0 Å². The Hall–Kier alpha value is -1.16. The van der Waals surface area contributed by atoms with E-state index in [1.165, 1.54) is 0 Å². The lowest BCUT2D eigenvalue weighted by Gasteiger charge is -2.07. The molecular weight excluding hydrogens is 212 g/mol. The van der Waals surface area contributed by atoms with Crippen LogP contribution in [0.1, 0.15) is 12.5 Å². The van der Waals surface area contributed by atoms with E-state index < -0.39 is 0 Å². The SMILES string of the molecule is CCOC(=O)Sc1cc(C)ccc1OC. The molecule has 0 bridgehead atoms. The Balaban J connectivity index is 2.82. The zero-order valence-electron chi connectivity index (χ0n) is 9.07. The third-order valence-electron chi connectivity index (χ3n) is 1.77. The highest BCUT2D eigenvalue weighted by Gasteiger charge is 2.10. The summed E-state index contributed by atoms with van der Waals surface area (Å²) in [5.74, 6) is 0.693. The first kappa shape index (κ1) is 11.9. The summed E-state index contributed by atoms with van der Waals surface area (Å²) in [5.41, 5.74) is 1.09. The van der Waals surface area contributed by atoms with Crippen molar-refractivity contribution in [2.24, 2.45) is 0 Å². The monoisotopic (exact) mass is 226 g/mol. The molecule has 0 amide bonds. The van der Waals surface area contributed by atoms with E-state index in [1.54, 1.807) is 14.0 Å². The molecule has 0 N–H and O–H groups in total. The molecule has 0 saturated heterocycles. The van der Waals surface area contributed by atoms with Gasteiger partial charge in [0.1, 0.15) is 5.75 Å². The van der Waals surface area contributed by atoms with Gasteiger partial charge >= 0.3 is 5.30 Å². The van der Waals surface area contributed by atoms with Crippen molar-refractivity contribution in [2.75, 3.05) is 13.7 Å². The topological polar surface area (TPSA) is 35.5 Å². The van der Waals surface area contributed by atoms with Crippen molar-refractivity contribution in [1.82, 2.24) is 0 Å². The number of carbonyl (C=O) groups is 1. The van der Waals surface area contributed by atoms with Crippen LogP contribution < -0.4 is 4.74 Å². The van der Waals surface area contributed by atoms with Crippen molar-refractivity contribution < 1.29 is 14.3 Å². The fourth-order valence-electron chi connectivity index (χ4n) is 1.10. The van der Waals surface area contributed by atoms with Gasteiger partial charge in [0.05, 0.1) is 18.6 Å². The molecule has 1 aromatic carbocycles. The molecule has 0 fully saturated rings. The van der Waals surface area contributed by atoms with E-state index in [4.69, 9.17) is 9.47 Å². The fourth-order valence-corrected chi connectivity index (χ4v) is 1.95. The van der Waals surface area contributed by atoms with Crippen LogP contribution in [0, 0.1) is 6.92 Å². The number of hydrogen-bond acceptors (Lipinski definition) is 4. The average molecular weight is 226 g/mol. The third kappa shape index (κ3) is 3.47. The van der Waals surface area contributed by atoms with E-state index >= 15 is 0 Å². The van der Waals surface area contributed by atoms with Crippen molar-refractivity contribution in [3.63, 3.8) is 0 Å². The van der Waals surface area contributed by atoms with Gasteiger partial charge in [0.25, 0.3) is 0 Å². The normalized spacial score (nSPS) is 9.80. The number of aryl methyl sites for hydroxylation is 1. The van der Waals surface area contributed by atoms with E-state index in [9.17, 15) is 4.79 Å². The second kappa shape index (κ2) is 5.66. The lowest BCUT2D eigenvalue weighted by Crippen LogP contribution is -1.97. The molecule has 0 atom stereocenters. The molecule has 0 radical (unpaired) electrons. The van der Waals surface area contributed by atoms with Gasteiger partial charge in [-0.1, -0.05) is 6.07 Å². The van der Waals surface area contributed by atoms with Crippen molar-refractivity contribution >= 4 is 17.1 Å². The molecule has 0 aromatic heterocycles. The molecule has 0 aliphatic rings. The molecule has 0 unspecified atom stereocenters. The van der Waals surface area contributed by atoms with E-state index in [1.807, 2.05) is 25.1 Å². The number of rotatable bonds is 3. The predicted molar refractivity (Wildman–Crippen MR) is 60.6 cm³/mol. The van der Waals surface area contributed by atoms with Gasteiger partial charge in [0.15, 0.2) is 0 Å². The summed E-state index contributed by atoms with van der Waals surface area (Å²) < 4.78 is 10.0. The van der Waals surface area contributed by atoms with Crippen molar-refractivity contribution in [1.29, 1.82) is 0 Å². The number of thioether (sulfide) groups is 1. The smallest absolute Gasteiger partial charge is 0.372 e. The van der Waals surface area contributed by atoms with Crippen molar-refractivity contribution in [3.8, 4) is 5.75 Å². The minimum atomic E-state index is -0.304. The molecule has 3 nitrogen and oxygen atoms in total. The van der Waals surface area contributed by atoms with Crippen molar-refractivity contribution in [3.05, 3.63) is 23.8 Å². The first-order chi connectivity index (χ1) is 7.17.